The Kier molecular flexibility index (Phi) is 6.48. The molecule has 24 heavy (non-hydrogen) atoms. The van der Waals surface area contributed by atoms with Crippen LogP contribution in [0.25, 0.3) is 0 Å². The first kappa shape index (κ1) is 19.0. The Bertz CT molecular complexity index is 540. The van der Waals surface area contributed by atoms with Gasteiger partial charge in [0.15, 0.2) is 0 Å². The molecule has 0 radical (unpaired) electrons. The predicted octanol–water partition coefficient (Wildman–Crippen LogP) is 5.99. The van der Waals surface area contributed by atoms with Gasteiger partial charge in [0.2, 0.25) is 0 Å². The Morgan fingerprint density at radius 1 is 1.33 bits per heavy atom. The maximum absolute atomic E-state index is 11.2. The van der Waals surface area contributed by atoms with E-state index in [1.54, 1.807) is 0 Å². The molecule has 0 N–H and O–H groups in total. The molecule has 0 spiro atoms. The first-order valence-corrected chi connectivity index (χ1v) is 9.44. The molecule has 0 bridgehead atoms. The lowest BCUT2D eigenvalue weighted by atomic mass is 9.71. The zero-order valence-electron chi connectivity index (χ0n) is 16.0. The molecule has 0 aliphatic heterocycles. The lowest BCUT2D eigenvalue weighted by Crippen LogP contribution is -2.25. The number of carbonyl (C=O) groups excluding carboxylic acids is 1. The van der Waals surface area contributed by atoms with Crippen LogP contribution < -0.4 is 0 Å². The summed E-state index contributed by atoms with van der Waals surface area (Å²) in [6, 6.07) is 0. The summed E-state index contributed by atoms with van der Waals surface area (Å²) in [5, 5.41) is 0. The van der Waals surface area contributed by atoms with Gasteiger partial charge in [-0.05, 0) is 81.6 Å². The Morgan fingerprint density at radius 3 is 2.75 bits per heavy atom. The molecule has 0 unspecified atom stereocenters. The molecule has 134 valence electrons. The third-order valence-electron chi connectivity index (χ3n) is 6.15. The van der Waals surface area contributed by atoms with E-state index in [9.17, 15) is 4.79 Å². The summed E-state index contributed by atoms with van der Waals surface area (Å²) in [4.78, 5) is 11.2. The first-order chi connectivity index (χ1) is 11.3. The number of allylic oxidation sites excluding steroid dienone is 4. The van der Waals surface area contributed by atoms with Gasteiger partial charge in [0.1, 0.15) is 6.61 Å². The smallest absolute Gasteiger partial charge is 0.302 e. The zero-order chi connectivity index (χ0) is 17.7. The van der Waals surface area contributed by atoms with Crippen molar-refractivity contribution in [3.8, 4) is 0 Å². The van der Waals surface area contributed by atoms with E-state index in [4.69, 9.17) is 4.74 Å². The number of ether oxygens (including phenoxy) is 1. The summed E-state index contributed by atoms with van der Waals surface area (Å²) < 4.78 is 5.28. The van der Waals surface area contributed by atoms with Gasteiger partial charge in [-0.15, -0.1) is 0 Å². The second kappa shape index (κ2) is 8.18. The SMILES string of the molecule is C=C(C)[C@H]1CC[C@]2(C)CC=C(C)CCCC(COC(C)=O)=CC[C@@H]12. The molecular formula is C22H34O2. The molecule has 3 atom stereocenters. The largest absolute Gasteiger partial charge is 0.461 e. The van der Waals surface area contributed by atoms with Crippen LogP contribution in [0.2, 0.25) is 0 Å². The number of hydrogen-bond acceptors (Lipinski definition) is 2. The van der Waals surface area contributed by atoms with Gasteiger partial charge in [-0.1, -0.05) is 36.8 Å². The fourth-order valence-electron chi connectivity index (χ4n) is 4.47. The van der Waals surface area contributed by atoms with Crippen LogP contribution in [0, 0.1) is 17.3 Å². The van der Waals surface area contributed by atoms with Gasteiger partial charge in [-0.2, -0.15) is 0 Å². The van der Waals surface area contributed by atoms with E-state index in [0.717, 1.165) is 25.7 Å². The fourth-order valence-corrected chi connectivity index (χ4v) is 4.47. The van der Waals surface area contributed by atoms with E-state index in [0.29, 0.717) is 23.9 Å². The van der Waals surface area contributed by atoms with Gasteiger partial charge in [0.05, 0.1) is 0 Å². The van der Waals surface area contributed by atoms with Gasteiger partial charge >= 0.3 is 5.97 Å². The lowest BCUT2D eigenvalue weighted by Gasteiger charge is -2.33. The van der Waals surface area contributed by atoms with Crippen molar-refractivity contribution < 1.29 is 9.53 Å². The summed E-state index contributed by atoms with van der Waals surface area (Å²) in [6.07, 6.45) is 13.0. The van der Waals surface area contributed by atoms with Gasteiger partial charge in [-0.25, -0.2) is 0 Å². The number of rotatable bonds is 3. The highest BCUT2D eigenvalue weighted by molar-refractivity contribution is 5.66. The van der Waals surface area contributed by atoms with Crippen molar-refractivity contribution in [3.63, 3.8) is 0 Å². The van der Waals surface area contributed by atoms with E-state index < -0.39 is 0 Å². The summed E-state index contributed by atoms with van der Waals surface area (Å²) >= 11 is 0. The van der Waals surface area contributed by atoms with Crippen molar-refractivity contribution >= 4 is 5.97 Å². The average Bonchev–Trinajstić information content (AvgIpc) is 2.83. The summed E-state index contributed by atoms with van der Waals surface area (Å²) in [5.41, 5.74) is 4.48. The maximum atomic E-state index is 11.2. The number of fused-ring (bicyclic) bond motifs is 1. The molecule has 0 aromatic heterocycles. The Balaban J connectivity index is 2.25. The van der Waals surface area contributed by atoms with E-state index >= 15 is 0 Å². The highest BCUT2D eigenvalue weighted by atomic mass is 16.5. The minimum absolute atomic E-state index is 0.188. The number of hydrogen-bond donors (Lipinski definition) is 0. The van der Waals surface area contributed by atoms with Gasteiger partial charge in [0.25, 0.3) is 0 Å². The lowest BCUT2D eigenvalue weighted by molar-refractivity contribution is -0.140. The second-order valence-electron chi connectivity index (χ2n) is 8.24. The van der Waals surface area contributed by atoms with Crippen LogP contribution in [0.4, 0.5) is 0 Å². The monoisotopic (exact) mass is 330 g/mol. The minimum atomic E-state index is -0.188. The maximum Gasteiger partial charge on any atom is 0.302 e. The summed E-state index contributed by atoms with van der Waals surface area (Å²) in [7, 11) is 0. The summed E-state index contributed by atoms with van der Waals surface area (Å²) in [6.45, 7) is 13.1. The van der Waals surface area contributed by atoms with Gasteiger partial charge in [-0.3, -0.25) is 4.79 Å². The Hall–Kier alpha value is -1.31. The van der Waals surface area contributed by atoms with Crippen molar-refractivity contribution in [1.82, 2.24) is 0 Å². The fraction of sp³-hybridized carbons (Fsp3) is 0.682. The van der Waals surface area contributed by atoms with E-state index in [1.165, 1.54) is 42.9 Å². The molecule has 0 amide bonds. The minimum Gasteiger partial charge on any atom is -0.461 e. The molecule has 1 fully saturated rings. The molecule has 2 rings (SSSR count). The second-order valence-corrected chi connectivity index (χ2v) is 8.24. The molecule has 0 heterocycles. The molecule has 2 aliphatic rings. The highest BCUT2D eigenvalue weighted by Crippen LogP contribution is 2.53. The summed E-state index contributed by atoms with van der Waals surface area (Å²) in [5.74, 6) is 1.08. The van der Waals surface area contributed by atoms with Crippen LogP contribution in [0.3, 0.4) is 0 Å². The van der Waals surface area contributed by atoms with Crippen LogP contribution in [0.1, 0.15) is 72.6 Å². The van der Waals surface area contributed by atoms with Crippen molar-refractivity contribution in [1.29, 1.82) is 0 Å². The topological polar surface area (TPSA) is 26.3 Å². The Morgan fingerprint density at radius 2 is 2.08 bits per heavy atom. The van der Waals surface area contributed by atoms with Gasteiger partial charge < -0.3 is 4.74 Å². The molecule has 0 aromatic carbocycles. The normalized spacial score (nSPS) is 31.3. The zero-order valence-corrected chi connectivity index (χ0v) is 16.0. The first-order valence-electron chi connectivity index (χ1n) is 9.44. The molecular weight excluding hydrogens is 296 g/mol. The standard InChI is InChI=1S/C22H34O2/c1-16(2)20-12-14-22(5)13-11-17(3)7-6-8-19(9-10-21(20)22)15-24-18(4)23/h9,11,20-21H,1,6-8,10,12-15H2,2-5H3/t20-,21+,22+/m1/s1. The molecule has 1 saturated carbocycles. The highest BCUT2D eigenvalue weighted by Gasteiger charge is 2.43. The van der Waals surface area contributed by atoms with Crippen LogP contribution >= 0.6 is 0 Å². The third-order valence-corrected chi connectivity index (χ3v) is 6.15. The van der Waals surface area contributed by atoms with Crippen LogP contribution in [0.15, 0.2) is 35.5 Å². The van der Waals surface area contributed by atoms with E-state index in [-0.39, 0.29) is 5.97 Å². The van der Waals surface area contributed by atoms with Gasteiger partial charge in [0, 0.05) is 6.92 Å². The van der Waals surface area contributed by atoms with E-state index in [1.807, 2.05) is 0 Å². The number of carbonyl (C=O) groups is 1. The molecule has 2 heteroatoms. The quantitative estimate of drug-likeness (QED) is 0.469. The van der Waals surface area contributed by atoms with Crippen molar-refractivity contribution in [2.75, 3.05) is 6.61 Å². The Labute approximate surface area is 148 Å². The third kappa shape index (κ3) is 4.84. The van der Waals surface area contributed by atoms with Crippen LogP contribution in [0.5, 0.6) is 0 Å². The van der Waals surface area contributed by atoms with Crippen molar-refractivity contribution in [3.05, 3.63) is 35.5 Å². The van der Waals surface area contributed by atoms with E-state index in [2.05, 4.69) is 39.5 Å². The average molecular weight is 331 g/mol. The predicted molar refractivity (Wildman–Crippen MR) is 101 cm³/mol. The van der Waals surface area contributed by atoms with Crippen molar-refractivity contribution in [2.24, 2.45) is 17.3 Å². The molecule has 0 saturated heterocycles. The molecule has 2 aliphatic carbocycles. The van der Waals surface area contributed by atoms with Crippen LogP contribution in [-0.4, -0.2) is 12.6 Å². The van der Waals surface area contributed by atoms with Crippen LogP contribution in [-0.2, 0) is 9.53 Å². The molecule has 0 aromatic rings. The van der Waals surface area contributed by atoms with Crippen molar-refractivity contribution in [2.45, 2.75) is 72.6 Å². The molecule has 2 nitrogen and oxygen atoms in total. The number of esters is 1.